The van der Waals surface area contributed by atoms with Crippen LogP contribution in [0.1, 0.15) is 20.3 Å². The van der Waals surface area contributed by atoms with Gasteiger partial charge in [-0.2, -0.15) is 5.26 Å². The zero-order chi connectivity index (χ0) is 11.5. The van der Waals surface area contributed by atoms with E-state index in [1.807, 2.05) is 19.1 Å². The lowest BCUT2D eigenvalue weighted by molar-refractivity contribution is -0.144. The number of nitrogens with zero attached hydrogens (tertiary/aromatic N) is 1. The van der Waals surface area contributed by atoms with E-state index >= 15 is 0 Å². The lowest BCUT2D eigenvalue weighted by Crippen LogP contribution is -2.34. The van der Waals surface area contributed by atoms with Crippen molar-refractivity contribution in [1.29, 1.82) is 5.26 Å². The van der Waals surface area contributed by atoms with Gasteiger partial charge < -0.3 is 5.11 Å². The molecule has 0 saturated heterocycles. The molecule has 0 aromatic rings. The number of allylic oxidation sites excluding steroid dienone is 4. The number of rotatable bonds is 3. The molecule has 3 unspecified atom stereocenters. The summed E-state index contributed by atoms with van der Waals surface area (Å²) in [5.74, 6) is -1.56. The zero-order valence-corrected chi connectivity index (χ0v) is 8.97. The maximum absolute atomic E-state index is 11.1. The Morgan fingerprint density at radius 2 is 2.33 bits per heavy atom. The molecule has 1 N–H and O–H groups in total. The Morgan fingerprint density at radius 3 is 2.80 bits per heavy atom. The van der Waals surface area contributed by atoms with Gasteiger partial charge in [-0.05, 0) is 13.3 Å². The van der Waals surface area contributed by atoms with Crippen molar-refractivity contribution in [3.8, 4) is 6.07 Å². The summed E-state index contributed by atoms with van der Waals surface area (Å²) in [6.45, 7) is 3.62. The van der Waals surface area contributed by atoms with Crippen LogP contribution < -0.4 is 0 Å². The quantitative estimate of drug-likeness (QED) is 0.769. The van der Waals surface area contributed by atoms with E-state index in [0.717, 1.165) is 0 Å². The number of hydrogen-bond acceptors (Lipinski definition) is 2. The highest BCUT2D eigenvalue weighted by Crippen LogP contribution is 2.38. The topological polar surface area (TPSA) is 61.1 Å². The molecule has 15 heavy (non-hydrogen) atoms. The van der Waals surface area contributed by atoms with Gasteiger partial charge in [0.05, 0.1) is 17.4 Å². The zero-order valence-electron chi connectivity index (χ0n) is 8.97. The molecule has 3 atom stereocenters. The standard InChI is InChI=1S/C12H15NO2/c1-3-9(11(14)15)10-6-4-5-7-12(10,2)8-13/h4-7,9-10H,3H2,1-2H3,(H,14,15). The van der Waals surface area contributed by atoms with Gasteiger partial charge >= 0.3 is 5.97 Å². The van der Waals surface area contributed by atoms with Gasteiger partial charge in [0.15, 0.2) is 0 Å². The Bertz CT molecular complexity index is 351. The molecule has 0 aromatic heterocycles. The minimum absolute atomic E-state index is 0.241. The average Bonchev–Trinajstić information content (AvgIpc) is 2.21. The Kier molecular flexibility index (Phi) is 3.31. The smallest absolute Gasteiger partial charge is 0.307 e. The number of carboxylic acids is 1. The Hall–Kier alpha value is -1.56. The summed E-state index contributed by atoms with van der Waals surface area (Å²) in [5, 5.41) is 18.2. The molecule has 0 radical (unpaired) electrons. The third-order valence-corrected chi connectivity index (χ3v) is 3.00. The van der Waals surface area contributed by atoms with Crippen molar-refractivity contribution in [1.82, 2.24) is 0 Å². The molecule has 1 aliphatic carbocycles. The molecular formula is C12H15NO2. The van der Waals surface area contributed by atoms with E-state index in [1.54, 1.807) is 19.1 Å². The number of nitriles is 1. The SMILES string of the molecule is CCC(C(=O)O)C1C=CC=CC1(C)C#N. The molecule has 0 heterocycles. The second-order valence-electron chi connectivity index (χ2n) is 4.02. The number of hydrogen-bond donors (Lipinski definition) is 1. The second-order valence-corrected chi connectivity index (χ2v) is 4.02. The molecule has 3 nitrogen and oxygen atoms in total. The Morgan fingerprint density at radius 1 is 1.67 bits per heavy atom. The summed E-state index contributed by atoms with van der Waals surface area (Å²) in [5.41, 5.74) is -0.701. The lowest BCUT2D eigenvalue weighted by Gasteiger charge is -2.32. The van der Waals surface area contributed by atoms with Gasteiger partial charge in [-0.3, -0.25) is 4.79 Å². The molecule has 0 bridgehead atoms. The molecule has 0 amide bonds. The summed E-state index contributed by atoms with van der Waals surface area (Å²) in [6, 6.07) is 2.20. The van der Waals surface area contributed by atoms with Crippen LogP contribution in [0.4, 0.5) is 0 Å². The lowest BCUT2D eigenvalue weighted by atomic mass is 9.68. The molecule has 0 saturated carbocycles. The first kappa shape index (κ1) is 11.5. The third-order valence-electron chi connectivity index (χ3n) is 3.00. The fourth-order valence-corrected chi connectivity index (χ4v) is 2.00. The first-order valence-electron chi connectivity index (χ1n) is 5.05. The molecule has 0 spiro atoms. The van der Waals surface area contributed by atoms with Crippen molar-refractivity contribution >= 4 is 5.97 Å². The largest absolute Gasteiger partial charge is 0.481 e. The van der Waals surface area contributed by atoms with Crippen molar-refractivity contribution in [3.63, 3.8) is 0 Å². The van der Waals surface area contributed by atoms with Crippen LogP contribution in [0.25, 0.3) is 0 Å². The van der Waals surface area contributed by atoms with Crippen molar-refractivity contribution in [3.05, 3.63) is 24.3 Å². The fourth-order valence-electron chi connectivity index (χ4n) is 2.00. The highest BCUT2D eigenvalue weighted by Gasteiger charge is 2.39. The van der Waals surface area contributed by atoms with Gasteiger partial charge in [0.2, 0.25) is 0 Å². The molecular weight excluding hydrogens is 190 g/mol. The van der Waals surface area contributed by atoms with Crippen LogP contribution >= 0.6 is 0 Å². The maximum Gasteiger partial charge on any atom is 0.307 e. The van der Waals surface area contributed by atoms with Gasteiger partial charge in [-0.25, -0.2) is 0 Å². The van der Waals surface area contributed by atoms with Gasteiger partial charge in [0.1, 0.15) is 0 Å². The van der Waals surface area contributed by atoms with Crippen molar-refractivity contribution in [2.75, 3.05) is 0 Å². The van der Waals surface area contributed by atoms with Gasteiger partial charge in [-0.1, -0.05) is 31.2 Å². The fraction of sp³-hybridized carbons (Fsp3) is 0.500. The normalized spacial score (nSPS) is 30.9. The molecule has 0 fully saturated rings. The van der Waals surface area contributed by atoms with Crippen LogP contribution in [-0.2, 0) is 4.79 Å². The van der Waals surface area contributed by atoms with E-state index in [0.29, 0.717) is 6.42 Å². The summed E-state index contributed by atoms with van der Waals surface area (Å²) in [6.07, 6.45) is 7.76. The van der Waals surface area contributed by atoms with Gasteiger partial charge in [-0.15, -0.1) is 0 Å². The van der Waals surface area contributed by atoms with E-state index < -0.39 is 17.3 Å². The van der Waals surface area contributed by atoms with Crippen LogP contribution in [-0.4, -0.2) is 11.1 Å². The summed E-state index contributed by atoms with van der Waals surface area (Å²) in [7, 11) is 0. The number of carboxylic acid groups (broad SMARTS) is 1. The number of aliphatic carboxylic acids is 1. The van der Waals surface area contributed by atoms with E-state index in [9.17, 15) is 4.79 Å². The number of carbonyl (C=O) groups is 1. The summed E-state index contributed by atoms with van der Waals surface area (Å²) < 4.78 is 0. The molecule has 80 valence electrons. The van der Waals surface area contributed by atoms with E-state index in [4.69, 9.17) is 10.4 Å². The second kappa shape index (κ2) is 4.31. The summed E-state index contributed by atoms with van der Waals surface area (Å²) in [4.78, 5) is 11.1. The van der Waals surface area contributed by atoms with E-state index in [1.165, 1.54) is 0 Å². The minimum atomic E-state index is -0.830. The van der Waals surface area contributed by atoms with Crippen LogP contribution in [0.15, 0.2) is 24.3 Å². The van der Waals surface area contributed by atoms with Crippen molar-refractivity contribution in [2.24, 2.45) is 17.3 Å². The molecule has 0 aliphatic heterocycles. The van der Waals surface area contributed by atoms with Gasteiger partial charge in [0.25, 0.3) is 0 Å². The highest BCUT2D eigenvalue weighted by molar-refractivity contribution is 5.71. The van der Waals surface area contributed by atoms with E-state index in [2.05, 4.69) is 6.07 Å². The Labute approximate surface area is 89.7 Å². The predicted molar refractivity (Wildman–Crippen MR) is 56.9 cm³/mol. The van der Waals surface area contributed by atoms with Crippen LogP contribution in [0.5, 0.6) is 0 Å². The minimum Gasteiger partial charge on any atom is -0.481 e. The highest BCUT2D eigenvalue weighted by atomic mass is 16.4. The predicted octanol–water partition coefficient (Wildman–Crippen LogP) is 2.37. The van der Waals surface area contributed by atoms with Crippen LogP contribution in [0.2, 0.25) is 0 Å². The molecule has 1 aliphatic rings. The molecule has 3 heteroatoms. The van der Waals surface area contributed by atoms with Crippen LogP contribution in [0, 0.1) is 28.6 Å². The van der Waals surface area contributed by atoms with Crippen LogP contribution in [0.3, 0.4) is 0 Å². The van der Waals surface area contributed by atoms with E-state index in [-0.39, 0.29) is 5.92 Å². The first-order chi connectivity index (χ1) is 7.05. The third kappa shape index (κ3) is 2.10. The Balaban J connectivity index is 3.03. The first-order valence-corrected chi connectivity index (χ1v) is 5.05. The van der Waals surface area contributed by atoms with Crippen molar-refractivity contribution < 1.29 is 9.90 Å². The van der Waals surface area contributed by atoms with Gasteiger partial charge in [0, 0.05) is 5.92 Å². The molecule has 1 rings (SSSR count). The molecule has 0 aromatic carbocycles. The van der Waals surface area contributed by atoms with Crippen molar-refractivity contribution in [2.45, 2.75) is 20.3 Å². The monoisotopic (exact) mass is 205 g/mol. The summed E-state index contributed by atoms with van der Waals surface area (Å²) >= 11 is 0. The maximum atomic E-state index is 11.1. The average molecular weight is 205 g/mol.